The molecule has 82 valence electrons. The fourth-order valence-corrected chi connectivity index (χ4v) is 0.534. The number of Topliss-reactive ketones (excluding diaryl/α,β-unsaturated/α-hetero) is 1. The summed E-state index contributed by atoms with van der Waals surface area (Å²) in [6.45, 7) is 7.73. The molecule has 0 spiro atoms. The largest absolute Gasteiger partial charge is 0.300 e. The smallest absolute Gasteiger partial charge is 0.133 e. The van der Waals surface area contributed by atoms with Crippen molar-refractivity contribution in [1.29, 1.82) is 0 Å². The average Bonchev–Trinajstić information content (AvgIpc) is 2.02. The Morgan fingerprint density at radius 1 is 1.15 bits per heavy atom. The lowest BCUT2D eigenvalue weighted by Crippen LogP contribution is -1.83. The fourth-order valence-electron chi connectivity index (χ4n) is 0.534. The zero-order chi connectivity index (χ0) is 9.11. The van der Waals surface area contributed by atoms with Gasteiger partial charge in [-0.2, -0.15) is 0 Å². The third-order valence-corrected chi connectivity index (χ3v) is 1.03. The molecule has 0 saturated carbocycles. The first-order chi connectivity index (χ1) is 5.27. The van der Waals surface area contributed by atoms with Gasteiger partial charge in [-0.25, -0.2) is 0 Å². The number of ketones is 1. The van der Waals surface area contributed by atoms with Crippen LogP contribution in [-0.2, 0) is 4.79 Å². The lowest BCUT2D eigenvalue weighted by Gasteiger charge is -1.83. The van der Waals surface area contributed by atoms with Gasteiger partial charge in [0, 0.05) is 6.42 Å². The molecule has 0 unspecified atom stereocenters. The van der Waals surface area contributed by atoms with E-state index >= 15 is 0 Å². The molecule has 1 nitrogen and oxygen atoms in total. The van der Waals surface area contributed by atoms with Gasteiger partial charge in [0.1, 0.15) is 5.78 Å². The highest BCUT2D eigenvalue weighted by molar-refractivity contribution is 5.76. The first-order valence-corrected chi connectivity index (χ1v) is 4.41. The summed E-state index contributed by atoms with van der Waals surface area (Å²) in [7, 11) is 0. The predicted molar refractivity (Wildman–Crippen MR) is 64.2 cm³/mol. The maximum absolute atomic E-state index is 10.4. The predicted octanol–water partition coefficient (Wildman–Crippen LogP) is 4.62. The van der Waals surface area contributed by atoms with Crippen LogP contribution in [0.3, 0.4) is 0 Å². The molecular formula is C12H28O. The van der Waals surface area contributed by atoms with E-state index < -0.39 is 0 Å². The minimum absolute atomic E-state index is 0. The lowest BCUT2D eigenvalue weighted by molar-refractivity contribution is -0.116. The summed E-state index contributed by atoms with van der Waals surface area (Å²) < 4.78 is 0. The van der Waals surface area contributed by atoms with Gasteiger partial charge in [-0.05, 0) is 13.3 Å². The van der Waals surface area contributed by atoms with Crippen LogP contribution in [0.4, 0.5) is 0 Å². The Bertz CT molecular complexity index is 104. The third kappa shape index (κ3) is 34.5. The Morgan fingerprint density at radius 2 is 1.62 bits per heavy atom. The number of carbonyl (C=O) groups is 1. The number of unbranched alkanes of at least 4 members (excludes halogenated alkanes) is 1. The highest BCUT2D eigenvalue weighted by atomic mass is 16.1. The van der Waals surface area contributed by atoms with E-state index in [1.165, 1.54) is 0 Å². The van der Waals surface area contributed by atoms with E-state index in [0.29, 0.717) is 6.42 Å². The average molecular weight is 188 g/mol. The van der Waals surface area contributed by atoms with E-state index in [4.69, 9.17) is 0 Å². The van der Waals surface area contributed by atoms with Gasteiger partial charge < -0.3 is 0 Å². The van der Waals surface area contributed by atoms with Gasteiger partial charge in [0.05, 0.1) is 0 Å². The highest BCUT2D eigenvalue weighted by Gasteiger charge is 1.83. The Balaban J connectivity index is -0.0000000941. The van der Waals surface area contributed by atoms with Gasteiger partial charge in [0.2, 0.25) is 0 Å². The molecule has 13 heavy (non-hydrogen) atoms. The number of hydrogen-bond acceptors (Lipinski definition) is 1. The third-order valence-electron chi connectivity index (χ3n) is 1.03. The molecule has 0 atom stereocenters. The van der Waals surface area contributed by atoms with Gasteiger partial charge in [-0.3, -0.25) is 4.79 Å². The molecule has 1 heteroatoms. The van der Waals surface area contributed by atoms with E-state index in [0.717, 1.165) is 12.8 Å². The Labute approximate surface area is 85.2 Å². The summed E-state index contributed by atoms with van der Waals surface area (Å²) in [5, 5.41) is 0. The number of carbonyl (C=O) groups excluding carboxylic acids is 1. The van der Waals surface area contributed by atoms with Gasteiger partial charge in [0.15, 0.2) is 0 Å². The minimum atomic E-state index is 0. The van der Waals surface area contributed by atoms with Crippen LogP contribution >= 0.6 is 0 Å². The second-order valence-electron chi connectivity index (χ2n) is 2.17. The van der Waals surface area contributed by atoms with Crippen LogP contribution in [0.25, 0.3) is 0 Å². The quantitative estimate of drug-likeness (QED) is 0.588. The molecule has 0 aromatic heterocycles. The van der Waals surface area contributed by atoms with Crippen molar-refractivity contribution in [3.63, 3.8) is 0 Å². The first-order valence-electron chi connectivity index (χ1n) is 4.41. The maximum Gasteiger partial charge on any atom is 0.133 e. The molecule has 0 radical (unpaired) electrons. The molecule has 0 aliphatic rings. The molecule has 0 heterocycles. The molecule has 0 aromatic carbocycles. The van der Waals surface area contributed by atoms with Crippen molar-refractivity contribution in [2.45, 2.75) is 61.8 Å². The van der Waals surface area contributed by atoms with E-state index in [9.17, 15) is 4.79 Å². The normalized spacial score (nSPS) is 7.69. The van der Waals surface area contributed by atoms with Gasteiger partial charge >= 0.3 is 0 Å². The van der Waals surface area contributed by atoms with Crippen LogP contribution in [0.15, 0.2) is 12.2 Å². The first kappa shape index (κ1) is 22.8. The van der Waals surface area contributed by atoms with E-state index in [-0.39, 0.29) is 20.6 Å². The van der Waals surface area contributed by atoms with E-state index in [2.05, 4.69) is 13.0 Å². The summed E-state index contributed by atoms with van der Waals surface area (Å²) in [5.41, 5.74) is 0. The van der Waals surface area contributed by atoms with Crippen molar-refractivity contribution in [3.05, 3.63) is 12.2 Å². The summed E-state index contributed by atoms with van der Waals surface area (Å²) >= 11 is 0. The molecule has 0 aliphatic carbocycles. The summed E-state index contributed by atoms with van der Waals surface area (Å²) in [6.07, 6.45) is 6.84. The molecule has 0 bridgehead atoms. The second kappa shape index (κ2) is 22.5. The van der Waals surface area contributed by atoms with Gasteiger partial charge in [0.25, 0.3) is 0 Å². The van der Waals surface area contributed by atoms with E-state index in [1.807, 2.05) is 19.9 Å². The van der Waals surface area contributed by atoms with Crippen LogP contribution in [0.2, 0.25) is 0 Å². The van der Waals surface area contributed by atoms with Crippen molar-refractivity contribution in [2.24, 2.45) is 0 Å². The van der Waals surface area contributed by atoms with E-state index in [1.54, 1.807) is 6.92 Å². The zero-order valence-corrected chi connectivity index (χ0v) is 8.18. The number of hydrogen-bond donors (Lipinski definition) is 0. The van der Waals surface area contributed by atoms with Gasteiger partial charge in [-0.1, -0.05) is 54.2 Å². The zero-order valence-electron chi connectivity index (χ0n) is 8.18. The van der Waals surface area contributed by atoms with Crippen LogP contribution in [-0.4, -0.2) is 5.78 Å². The van der Waals surface area contributed by atoms with Crippen molar-refractivity contribution in [2.75, 3.05) is 0 Å². The topological polar surface area (TPSA) is 17.1 Å². The molecule has 0 aromatic rings. The Morgan fingerprint density at radius 3 is 1.92 bits per heavy atom. The SMILES string of the molecule is C.C.CC.CCC/C=C\CC(C)=O. The van der Waals surface area contributed by atoms with Crippen molar-refractivity contribution < 1.29 is 4.79 Å². The van der Waals surface area contributed by atoms with Crippen molar-refractivity contribution in [3.8, 4) is 0 Å². The Kier molecular flexibility index (Phi) is 39.6. The molecule has 0 fully saturated rings. The summed E-state index contributed by atoms with van der Waals surface area (Å²) in [4.78, 5) is 10.4. The van der Waals surface area contributed by atoms with Crippen molar-refractivity contribution in [1.82, 2.24) is 0 Å². The molecule has 0 N–H and O–H groups in total. The molecular weight excluding hydrogens is 160 g/mol. The Hall–Kier alpha value is -0.590. The summed E-state index contributed by atoms with van der Waals surface area (Å²) in [6, 6.07) is 0. The maximum atomic E-state index is 10.4. The molecule has 0 rings (SSSR count). The van der Waals surface area contributed by atoms with Crippen LogP contribution in [0, 0.1) is 0 Å². The molecule has 0 aliphatic heterocycles. The standard InChI is InChI=1S/C8H14O.C2H6.2CH4/c1-3-4-5-6-7-8(2)9;1-2;;/h5-6H,3-4,7H2,1-2H3;1-2H3;2*1H4/b6-5-;;;. The highest BCUT2D eigenvalue weighted by Crippen LogP contribution is 1.91. The number of allylic oxidation sites excluding steroid dienone is 2. The number of rotatable bonds is 4. The lowest BCUT2D eigenvalue weighted by atomic mass is 10.2. The second-order valence-corrected chi connectivity index (χ2v) is 2.17. The van der Waals surface area contributed by atoms with Crippen LogP contribution < -0.4 is 0 Å². The van der Waals surface area contributed by atoms with Crippen molar-refractivity contribution >= 4 is 5.78 Å². The monoisotopic (exact) mass is 188 g/mol. The van der Waals surface area contributed by atoms with Crippen LogP contribution in [0.5, 0.6) is 0 Å². The molecule has 0 saturated heterocycles. The summed E-state index contributed by atoms with van der Waals surface area (Å²) in [5.74, 6) is 0.238. The fraction of sp³-hybridized carbons (Fsp3) is 0.750. The minimum Gasteiger partial charge on any atom is -0.300 e. The van der Waals surface area contributed by atoms with Crippen LogP contribution in [0.1, 0.15) is 61.8 Å². The molecule has 0 amide bonds. The van der Waals surface area contributed by atoms with Gasteiger partial charge in [-0.15, -0.1) is 0 Å².